The molecule has 0 bridgehead atoms. The van der Waals surface area contributed by atoms with Crippen LogP contribution in [0.15, 0.2) is 51.8 Å². The molecular formula is C18H23N3. The van der Waals surface area contributed by atoms with Gasteiger partial charge in [0.2, 0.25) is 0 Å². The van der Waals surface area contributed by atoms with Crippen LogP contribution in [0, 0.1) is 10.8 Å². The van der Waals surface area contributed by atoms with Gasteiger partial charge in [0.25, 0.3) is 0 Å². The average Bonchev–Trinajstić information content (AvgIpc) is 2.77. The molecule has 110 valence electrons. The largest absolute Gasteiger partial charge is 0.238 e. The Kier molecular flexibility index (Phi) is 2.01. The van der Waals surface area contributed by atoms with Gasteiger partial charge in [-0.05, 0) is 39.8 Å². The van der Waals surface area contributed by atoms with Gasteiger partial charge < -0.3 is 0 Å². The molecule has 1 fully saturated rings. The van der Waals surface area contributed by atoms with Crippen LogP contribution >= 0.6 is 0 Å². The summed E-state index contributed by atoms with van der Waals surface area (Å²) in [5, 5.41) is 11.5. The Bertz CT molecular complexity index is 706. The number of anilines is 1. The summed E-state index contributed by atoms with van der Waals surface area (Å²) in [5.74, 6) is 0. The Labute approximate surface area is 126 Å². The van der Waals surface area contributed by atoms with Crippen molar-refractivity contribution in [2.75, 3.05) is 5.01 Å². The minimum Gasteiger partial charge on any atom is -0.238 e. The molecule has 0 N–H and O–H groups in total. The monoisotopic (exact) mass is 281 g/mol. The molecule has 3 nitrogen and oxygen atoms in total. The summed E-state index contributed by atoms with van der Waals surface area (Å²) < 4.78 is 0. The zero-order chi connectivity index (χ0) is 15.3. The fourth-order valence-corrected chi connectivity index (χ4v) is 5.77. The van der Waals surface area contributed by atoms with Crippen molar-refractivity contribution in [2.24, 2.45) is 21.2 Å². The predicted molar refractivity (Wildman–Crippen MR) is 85.2 cm³/mol. The van der Waals surface area contributed by atoms with Crippen LogP contribution in [-0.2, 0) is 0 Å². The quantitative estimate of drug-likeness (QED) is 0.682. The summed E-state index contributed by atoms with van der Waals surface area (Å²) >= 11 is 0. The van der Waals surface area contributed by atoms with Gasteiger partial charge in [-0.25, -0.2) is 5.01 Å². The van der Waals surface area contributed by atoms with Crippen LogP contribution in [0.4, 0.5) is 5.69 Å². The van der Waals surface area contributed by atoms with Crippen LogP contribution in [0.1, 0.15) is 41.5 Å². The fourth-order valence-electron chi connectivity index (χ4n) is 5.77. The number of hydrogen-bond donors (Lipinski definition) is 0. The first kappa shape index (κ1) is 13.1. The van der Waals surface area contributed by atoms with Gasteiger partial charge >= 0.3 is 0 Å². The number of nitrogens with zero attached hydrogens (tertiary/aromatic N) is 3. The molecule has 1 heterocycles. The summed E-state index contributed by atoms with van der Waals surface area (Å²) in [6, 6.07) is 10.4. The second-order valence-electron chi connectivity index (χ2n) is 7.48. The Morgan fingerprint density at radius 3 is 2.05 bits per heavy atom. The van der Waals surface area contributed by atoms with Gasteiger partial charge in [0.05, 0.1) is 11.2 Å². The van der Waals surface area contributed by atoms with Crippen molar-refractivity contribution in [3.8, 4) is 0 Å². The van der Waals surface area contributed by atoms with Crippen molar-refractivity contribution < 1.29 is 0 Å². The number of benzene rings is 1. The Hall–Kier alpha value is -1.64. The molecule has 0 spiro atoms. The molecule has 1 aliphatic heterocycles. The molecule has 2 aliphatic carbocycles. The first-order chi connectivity index (χ1) is 9.77. The lowest BCUT2D eigenvalue weighted by molar-refractivity contribution is -0.180. The van der Waals surface area contributed by atoms with Crippen molar-refractivity contribution >= 4 is 5.69 Å². The Balaban J connectivity index is 1.92. The van der Waals surface area contributed by atoms with Crippen molar-refractivity contribution in [1.29, 1.82) is 0 Å². The summed E-state index contributed by atoms with van der Waals surface area (Å²) in [5.41, 5.74) is 4.13. The van der Waals surface area contributed by atoms with Gasteiger partial charge in [-0.2, -0.15) is 5.11 Å². The summed E-state index contributed by atoms with van der Waals surface area (Å²) in [4.78, 5) is 0. The molecule has 3 aliphatic rings. The van der Waals surface area contributed by atoms with Crippen molar-refractivity contribution in [2.45, 2.75) is 52.6 Å². The highest BCUT2D eigenvalue weighted by molar-refractivity contribution is 5.66. The molecule has 3 heteroatoms. The standard InChI is InChI=1S/C18H23N3/c1-12-13(2)16(4)15(12,3)17(5)18(16,6)21(20-19-17)14-10-8-7-9-11-14/h7-11H,1-6H3/t15-,16-,17+,18-/m1/s1. The fraction of sp³-hybridized carbons (Fsp3) is 0.556. The van der Waals surface area contributed by atoms with Crippen molar-refractivity contribution in [1.82, 2.24) is 0 Å². The van der Waals surface area contributed by atoms with E-state index in [2.05, 4.69) is 76.0 Å². The highest BCUT2D eigenvalue weighted by Gasteiger charge is 2.89. The first-order valence-electron chi connectivity index (χ1n) is 7.73. The van der Waals surface area contributed by atoms with Crippen LogP contribution in [0.5, 0.6) is 0 Å². The molecule has 0 radical (unpaired) electrons. The minimum atomic E-state index is -0.159. The smallest absolute Gasteiger partial charge is 0.117 e. The van der Waals surface area contributed by atoms with Gasteiger partial charge in [-0.15, -0.1) is 0 Å². The second-order valence-corrected chi connectivity index (χ2v) is 7.48. The molecule has 0 aromatic heterocycles. The molecule has 4 atom stereocenters. The molecule has 0 unspecified atom stereocenters. The third-order valence-corrected chi connectivity index (χ3v) is 7.72. The molecule has 4 rings (SSSR count). The molecule has 21 heavy (non-hydrogen) atoms. The molecule has 1 aromatic rings. The summed E-state index contributed by atoms with van der Waals surface area (Å²) in [6.45, 7) is 13.9. The Morgan fingerprint density at radius 2 is 1.43 bits per heavy atom. The molecule has 0 amide bonds. The maximum atomic E-state index is 4.77. The van der Waals surface area contributed by atoms with Gasteiger partial charge in [-0.3, -0.25) is 0 Å². The molecule has 1 aromatic carbocycles. The van der Waals surface area contributed by atoms with E-state index in [0.29, 0.717) is 0 Å². The SMILES string of the molecule is CC1=C(C)[C@]2(C)[C@]1(C)[C@]1(C)N=NN(c3ccccc3)[C@@]12C. The normalized spacial score (nSPS) is 46.9. The van der Waals surface area contributed by atoms with E-state index in [1.807, 2.05) is 6.07 Å². The molecular weight excluding hydrogens is 258 g/mol. The highest BCUT2D eigenvalue weighted by Crippen LogP contribution is 2.84. The third-order valence-electron chi connectivity index (χ3n) is 7.72. The van der Waals surface area contributed by atoms with Crippen LogP contribution in [0.2, 0.25) is 0 Å². The minimum absolute atomic E-state index is 0.0975. The van der Waals surface area contributed by atoms with Gasteiger partial charge in [0, 0.05) is 10.8 Å². The third kappa shape index (κ3) is 0.889. The Morgan fingerprint density at radius 1 is 0.857 bits per heavy atom. The van der Waals surface area contributed by atoms with Crippen LogP contribution < -0.4 is 5.01 Å². The van der Waals surface area contributed by atoms with E-state index in [1.54, 1.807) is 0 Å². The maximum Gasteiger partial charge on any atom is 0.117 e. The first-order valence-corrected chi connectivity index (χ1v) is 7.73. The number of hydrogen-bond acceptors (Lipinski definition) is 3. The van der Waals surface area contributed by atoms with Crippen molar-refractivity contribution in [3.05, 3.63) is 41.5 Å². The molecule has 1 saturated carbocycles. The van der Waals surface area contributed by atoms with Crippen molar-refractivity contribution in [3.63, 3.8) is 0 Å². The van der Waals surface area contributed by atoms with Gasteiger partial charge in [-0.1, -0.05) is 48.4 Å². The predicted octanol–water partition coefficient (Wildman–Crippen LogP) is 4.77. The topological polar surface area (TPSA) is 28.0 Å². The van der Waals surface area contributed by atoms with Crippen LogP contribution in [0.3, 0.4) is 0 Å². The number of para-hydroxylation sites is 1. The van der Waals surface area contributed by atoms with E-state index in [-0.39, 0.29) is 21.9 Å². The highest BCUT2D eigenvalue weighted by atomic mass is 15.7. The van der Waals surface area contributed by atoms with Gasteiger partial charge in [0.15, 0.2) is 0 Å². The summed E-state index contributed by atoms with van der Waals surface area (Å²) in [7, 11) is 0. The zero-order valence-corrected chi connectivity index (χ0v) is 13.7. The van der Waals surface area contributed by atoms with Crippen LogP contribution in [0.25, 0.3) is 0 Å². The van der Waals surface area contributed by atoms with E-state index in [0.717, 1.165) is 5.69 Å². The lowest BCUT2D eigenvalue weighted by Gasteiger charge is -2.81. The van der Waals surface area contributed by atoms with Gasteiger partial charge in [0.1, 0.15) is 5.54 Å². The maximum absolute atomic E-state index is 4.77. The lowest BCUT2D eigenvalue weighted by atomic mass is 9.23. The molecule has 0 saturated heterocycles. The van der Waals surface area contributed by atoms with E-state index in [1.165, 1.54) is 11.1 Å². The number of rotatable bonds is 1. The number of fused-ring (bicyclic) bond motifs is 4. The van der Waals surface area contributed by atoms with E-state index in [9.17, 15) is 0 Å². The van der Waals surface area contributed by atoms with E-state index >= 15 is 0 Å². The van der Waals surface area contributed by atoms with E-state index in [4.69, 9.17) is 5.11 Å². The average molecular weight is 281 g/mol. The summed E-state index contributed by atoms with van der Waals surface area (Å²) in [6.07, 6.45) is 0. The second kappa shape index (κ2) is 3.23. The van der Waals surface area contributed by atoms with Crippen LogP contribution in [-0.4, -0.2) is 11.1 Å². The van der Waals surface area contributed by atoms with E-state index < -0.39 is 0 Å². The zero-order valence-electron chi connectivity index (χ0n) is 13.7. The lowest BCUT2D eigenvalue weighted by Crippen LogP contribution is -2.89.